The monoisotopic (exact) mass is 267 g/mol. The minimum Gasteiger partial charge on any atom is -0.308 e. The number of nitrogens with one attached hydrogen (secondary N) is 1. The zero-order valence-corrected chi connectivity index (χ0v) is 12.8. The second-order valence-corrected chi connectivity index (χ2v) is 5.57. The SMILES string of the molecule is CCCC(C)NC(C)c1ccc(-c2ccccc2)cc1. The summed E-state index contributed by atoms with van der Waals surface area (Å²) in [6, 6.07) is 20.4. The van der Waals surface area contributed by atoms with Crippen molar-refractivity contribution in [2.75, 3.05) is 0 Å². The van der Waals surface area contributed by atoms with Crippen molar-refractivity contribution in [2.45, 2.75) is 45.7 Å². The summed E-state index contributed by atoms with van der Waals surface area (Å²) in [6.45, 7) is 6.74. The Kier molecular flexibility index (Phi) is 5.37. The Morgan fingerprint density at radius 1 is 0.850 bits per heavy atom. The summed E-state index contributed by atoms with van der Waals surface area (Å²) >= 11 is 0. The Bertz CT molecular complexity index is 501. The minimum absolute atomic E-state index is 0.404. The van der Waals surface area contributed by atoms with Crippen LogP contribution in [-0.4, -0.2) is 6.04 Å². The Hall–Kier alpha value is -1.60. The van der Waals surface area contributed by atoms with Gasteiger partial charge >= 0.3 is 0 Å². The second-order valence-electron chi connectivity index (χ2n) is 5.57. The van der Waals surface area contributed by atoms with Gasteiger partial charge in [-0.25, -0.2) is 0 Å². The summed E-state index contributed by atoms with van der Waals surface area (Å²) < 4.78 is 0. The number of hydrogen-bond donors (Lipinski definition) is 1. The van der Waals surface area contributed by atoms with Crippen LogP contribution < -0.4 is 5.32 Å². The first-order valence-corrected chi connectivity index (χ1v) is 7.62. The van der Waals surface area contributed by atoms with Gasteiger partial charge in [-0.1, -0.05) is 67.9 Å². The lowest BCUT2D eigenvalue weighted by molar-refractivity contribution is 0.453. The molecule has 20 heavy (non-hydrogen) atoms. The zero-order valence-electron chi connectivity index (χ0n) is 12.8. The van der Waals surface area contributed by atoms with E-state index in [1.807, 2.05) is 0 Å². The van der Waals surface area contributed by atoms with Gasteiger partial charge < -0.3 is 5.32 Å². The first-order chi connectivity index (χ1) is 9.70. The fourth-order valence-electron chi connectivity index (χ4n) is 2.63. The van der Waals surface area contributed by atoms with Crippen LogP contribution in [0.25, 0.3) is 11.1 Å². The van der Waals surface area contributed by atoms with Crippen molar-refractivity contribution in [3.63, 3.8) is 0 Å². The zero-order chi connectivity index (χ0) is 14.4. The van der Waals surface area contributed by atoms with E-state index in [0.717, 1.165) is 0 Å². The molecule has 0 radical (unpaired) electrons. The van der Waals surface area contributed by atoms with Crippen LogP contribution in [0.2, 0.25) is 0 Å². The topological polar surface area (TPSA) is 12.0 Å². The molecule has 0 bridgehead atoms. The van der Waals surface area contributed by atoms with Gasteiger partial charge in [-0.15, -0.1) is 0 Å². The quantitative estimate of drug-likeness (QED) is 0.759. The maximum atomic E-state index is 3.66. The molecule has 0 amide bonds. The van der Waals surface area contributed by atoms with Crippen LogP contribution in [0, 0.1) is 0 Å². The fraction of sp³-hybridized carbons (Fsp3) is 0.368. The average molecular weight is 267 g/mol. The van der Waals surface area contributed by atoms with Gasteiger partial charge in [0.15, 0.2) is 0 Å². The molecule has 2 aromatic rings. The van der Waals surface area contributed by atoms with Gasteiger partial charge in [-0.05, 0) is 37.0 Å². The lowest BCUT2D eigenvalue weighted by Crippen LogP contribution is -2.28. The summed E-state index contributed by atoms with van der Waals surface area (Å²) in [6.07, 6.45) is 2.46. The van der Waals surface area contributed by atoms with Crippen molar-refractivity contribution in [3.8, 4) is 11.1 Å². The number of benzene rings is 2. The number of rotatable bonds is 6. The highest BCUT2D eigenvalue weighted by molar-refractivity contribution is 5.63. The van der Waals surface area contributed by atoms with E-state index in [0.29, 0.717) is 12.1 Å². The van der Waals surface area contributed by atoms with Crippen molar-refractivity contribution in [1.29, 1.82) is 0 Å². The second kappa shape index (κ2) is 7.25. The Morgan fingerprint density at radius 2 is 1.45 bits per heavy atom. The van der Waals surface area contributed by atoms with Crippen LogP contribution in [0.15, 0.2) is 54.6 Å². The third kappa shape index (κ3) is 3.94. The van der Waals surface area contributed by atoms with Crippen LogP contribution in [0.4, 0.5) is 0 Å². The lowest BCUT2D eigenvalue weighted by atomic mass is 10.0. The predicted molar refractivity (Wildman–Crippen MR) is 87.8 cm³/mol. The van der Waals surface area contributed by atoms with E-state index in [-0.39, 0.29) is 0 Å². The fourth-order valence-corrected chi connectivity index (χ4v) is 2.63. The van der Waals surface area contributed by atoms with Gasteiger partial charge in [-0.3, -0.25) is 0 Å². The molecular weight excluding hydrogens is 242 g/mol. The molecule has 0 fully saturated rings. The Labute approximate surface area is 123 Å². The highest BCUT2D eigenvalue weighted by Crippen LogP contribution is 2.22. The number of hydrogen-bond acceptors (Lipinski definition) is 1. The van der Waals surface area contributed by atoms with E-state index in [9.17, 15) is 0 Å². The average Bonchev–Trinajstić information content (AvgIpc) is 2.48. The molecular formula is C19H25N. The van der Waals surface area contributed by atoms with Crippen LogP contribution >= 0.6 is 0 Å². The third-order valence-electron chi connectivity index (χ3n) is 3.77. The Morgan fingerprint density at radius 3 is 2.05 bits per heavy atom. The summed E-state index contributed by atoms with van der Waals surface area (Å²) in [5, 5.41) is 3.66. The molecule has 1 nitrogen and oxygen atoms in total. The van der Waals surface area contributed by atoms with Crippen molar-refractivity contribution in [3.05, 3.63) is 60.2 Å². The van der Waals surface area contributed by atoms with Gasteiger partial charge in [0.2, 0.25) is 0 Å². The third-order valence-corrected chi connectivity index (χ3v) is 3.77. The molecule has 2 unspecified atom stereocenters. The van der Waals surface area contributed by atoms with E-state index in [2.05, 4.69) is 80.7 Å². The van der Waals surface area contributed by atoms with Gasteiger partial charge in [-0.2, -0.15) is 0 Å². The standard InChI is InChI=1S/C19H25N/c1-4-8-15(2)20-16(3)17-11-13-19(14-12-17)18-9-6-5-7-10-18/h5-7,9-16,20H,4,8H2,1-3H3. The van der Waals surface area contributed by atoms with E-state index in [1.54, 1.807) is 0 Å². The molecule has 0 heterocycles. The molecule has 0 spiro atoms. The smallest absolute Gasteiger partial charge is 0.0294 e. The highest BCUT2D eigenvalue weighted by atomic mass is 14.9. The lowest BCUT2D eigenvalue weighted by Gasteiger charge is -2.20. The summed E-state index contributed by atoms with van der Waals surface area (Å²) in [7, 11) is 0. The van der Waals surface area contributed by atoms with Crippen LogP contribution in [0.5, 0.6) is 0 Å². The van der Waals surface area contributed by atoms with E-state index >= 15 is 0 Å². The molecule has 0 aliphatic rings. The normalized spacial score (nSPS) is 13.9. The predicted octanol–water partition coefficient (Wildman–Crippen LogP) is 5.19. The van der Waals surface area contributed by atoms with E-state index < -0.39 is 0 Å². The molecule has 0 saturated heterocycles. The van der Waals surface area contributed by atoms with Gasteiger partial charge in [0, 0.05) is 12.1 Å². The van der Waals surface area contributed by atoms with Crippen LogP contribution in [0.1, 0.15) is 45.2 Å². The molecule has 0 saturated carbocycles. The van der Waals surface area contributed by atoms with Gasteiger partial charge in [0.25, 0.3) is 0 Å². The van der Waals surface area contributed by atoms with Crippen LogP contribution in [0.3, 0.4) is 0 Å². The first kappa shape index (κ1) is 14.8. The molecule has 0 aliphatic carbocycles. The molecule has 0 aliphatic heterocycles. The van der Waals surface area contributed by atoms with Crippen molar-refractivity contribution < 1.29 is 0 Å². The Balaban J connectivity index is 2.04. The maximum absolute atomic E-state index is 3.66. The highest BCUT2D eigenvalue weighted by Gasteiger charge is 2.08. The largest absolute Gasteiger partial charge is 0.308 e. The van der Waals surface area contributed by atoms with Crippen molar-refractivity contribution in [1.82, 2.24) is 5.32 Å². The van der Waals surface area contributed by atoms with Crippen LogP contribution in [-0.2, 0) is 0 Å². The molecule has 2 rings (SSSR count). The van der Waals surface area contributed by atoms with Gasteiger partial charge in [0.1, 0.15) is 0 Å². The summed E-state index contributed by atoms with van der Waals surface area (Å²) in [5.74, 6) is 0. The van der Waals surface area contributed by atoms with Gasteiger partial charge in [0.05, 0.1) is 0 Å². The molecule has 106 valence electrons. The summed E-state index contributed by atoms with van der Waals surface area (Å²) in [5.41, 5.74) is 3.91. The summed E-state index contributed by atoms with van der Waals surface area (Å²) in [4.78, 5) is 0. The first-order valence-electron chi connectivity index (χ1n) is 7.62. The van der Waals surface area contributed by atoms with E-state index in [1.165, 1.54) is 29.5 Å². The molecule has 2 aromatic carbocycles. The van der Waals surface area contributed by atoms with Crippen molar-refractivity contribution >= 4 is 0 Å². The molecule has 1 heteroatoms. The van der Waals surface area contributed by atoms with Crippen molar-refractivity contribution in [2.24, 2.45) is 0 Å². The van der Waals surface area contributed by atoms with E-state index in [4.69, 9.17) is 0 Å². The minimum atomic E-state index is 0.404. The maximum Gasteiger partial charge on any atom is 0.0294 e. The molecule has 0 aromatic heterocycles. The molecule has 2 atom stereocenters. The molecule has 1 N–H and O–H groups in total.